The largest absolute Gasteiger partial charge is 0.317 e. The van der Waals surface area contributed by atoms with Gasteiger partial charge < -0.3 is 5.32 Å². The van der Waals surface area contributed by atoms with E-state index >= 15 is 0 Å². The van der Waals surface area contributed by atoms with Crippen LogP contribution < -0.4 is 10.0 Å². The zero-order valence-corrected chi connectivity index (χ0v) is 12.5. The molecule has 1 saturated heterocycles. The number of hydrogen-bond acceptors (Lipinski definition) is 4. The number of piperidine rings is 1. The molecule has 0 atom stereocenters. The molecule has 1 aromatic heterocycles. The summed E-state index contributed by atoms with van der Waals surface area (Å²) in [6.07, 6.45) is 2.03. The third-order valence-corrected chi connectivity index (χ3v) is 6.37. The topological polar surface area (TPSA) is 58.2 Å². The summed E-state index contributed by atoms with van der Waals surface area (Å²) < 4.78 is 27.4. The van der Waals surface area contributed by atoms with Gasteiger partial charge in [-0.1, -0.05) is 6.92 Å². The van der Waals surface area contributed by atoms with Crippen LogP contribution >= 0.6 is 11.3 Å². The fourth-order valence-electron chi connectivity index (χ4n) is 2.10. The van der Waals surface area contributed by atoms with E-state index in [1.807, 2.05) is 13.0 Å². The number of sulfonamides is 1. The highest BCUT2D eigenvalue weighted by Gasteiger charge is 2.29. The van der Waals surface area contributed by atoms with Crippen LogP contribution in [0.25, 0.3) is 0 Å². The first kappa shape index (κ1) is 14.0. The standard InChI is InChI=1S/C12H20N2O2S2/c1-10-3-4-11(17-10)18(15,16)14-9-12(2)5-7-13-8-6-12/h3-4,13-14H,5-9H2,1-2H3. The van der Waals surface area contributed by atoms with Crippen LogP contribution in [0.3, 0.4) is 0 Å². The maximum Gasteiger partial charge on any atom is 0.250 e. The van der Waals surface area contributed by atoms with Crippen LogP contribution in [0.1, 0.15) is 24.6 Å². The molecule has 0 aliphatic carbocycles. The molecule has 1 aliphatic heterocycles. The molecule has 2 N–H and O–H groups in total. The molecule has 0 spiro atoms. The fraction of sp³-hybridized carbons (Fsp3) is 0.667. The molecule has 1 fully saturated rings. The zero-order chi connectivity index (χ0) is 13.2. The minimum absolute atomic E-state index is 0.0740. The maximum absolute atomic E-state index is 12.1. The lowest BCUT2D eigenvalue weighted by atomic mass is 9.81. The van der Waals surface area contributed by atoms with Crippen molar-refractivity contribution < 1.29 is 8.42 Å². The van der Waals surface area contributed by atoms with Crippen molar-refractivity contribution in [2.45, 2.75) is 30.9 Å². The summed E-state index contributed by atoms with van der Waals surface area (Å²) in [7, 11) is -3.33. The molecule has 0 unspecified atom stereocenters. The summed E-state index contributed by atoms with van der Waals surface area (Å²) >= 11 is 1.32. The Labute approximate surface area is 113 Å². The molecule has 6 heteroatoms. The number of aryl methyl sites for hydroxylation is 1. The first-order valence-electron chi connectivity index (χ1n) is 6.18. The minimum Gasteiger partial charge on any atom is -0.317 e. The highest BCUT2D eigenvalue weighted by atomic mass is 32.2. The molecule has 0 aromatic carbocycles. The highest BCUT2D eigenvalue weighted by molar-refractivity contribution is 7.91. The Morgan fingerprint density at radius 2 is 2.06 bits per heavy atom. The van der Waals surface area contributed by atoms with Crippen LogP contribution in [0, 0.1) is 12.3 Å². The van der Waals surface area contributed by atoms with Gasteiger partial charge in [-0.25, -0.2) is 13.1 Å². The third kappa shape index (κ3) is 3.32. The van der Waals surface area contributed by atoms with E-state index in [4.69, 9.17) is 0 Å². The second-order valence-corrected chi connectivity index (χ2v) is 8.53. The first-order chi connectivity index (χ1) is 8.41. The fourth-order valence-corrected chi connectivity index (χ4v) is 4.63. The Bertz CT molecular complexity index is 502. The summed E-state index contributed by atoms with van der Waals surface area (Å²) in [5.41, 5.74) is 0.0740. The Morgan fingerprint density at radius 1 is 1.39 bits per heavy atom. The summed E-state index contributed by atoms with van der Waals surface area (Å²) in [4.78, 5) is 1.02. The van der Waals surface area contributed by atoms with Crippen molar-refractivity contribution in [1.82, 2.24) is 10.0 Å². The van der Waals surface area contributed by atoms with Crippen molar-refractivity contribution in [2.24, 2.45) is 5.41 Å². The average Bonchev–Trinajstić information content (AvgIpc) is 2.76. The van der Waals surface area contributed by atoms with Crippen molar-refractivity contribution in [2.75, 3.05) is 19.6 Å². The van der Waals surface area contributed by atoms with E-state index in [2.05, 4.69) is 17.0 Å². The molecule has 4 nitrogen and oxygen atoms in total. The van der Waals surface area contributed by atoms with Crippen LogP contribution in [-0.4, -0.2) is 28.1 Å². The lowest BCUT2D eigenvalue weighted by Gasteiger charge is -2.33. The molecule has 0 radical (unpaired) electrons. The molecule has 0 amide bonds. The van der Waals surface area contributed by atoms with Gasteiger partial charge in [-0.05, 0) is 50.4 Å². The molecule has 1 aromatic rings. The predicted octanol–water partition coefficient (Wildman–Crippen LogP) is 1.72. The normalized spacial score (nSPS) is 19.9. The van der Waals surface area contributed by atoms with E-state index in [0.717, 1.165) is 30.8 Å². The Hall–Kier alpha value is -0.430. The van der Waals surface area contributed by atoms with E-state index in [1.54, 1.807) is 6.07 Å². The van der Waals surface area contributed by atoms with E-state index < -0.39 is 10.0 Å². The third-order valence-electron chi connectivity index (χ3n) is 3.48. The molecule has 1 aliphatic rings. The van der Waals surface area contributed by atoms with Gasteiger partial charge in [0.1, 0.15) is 4.21 Å². The van der Waals surface area contributed by atoms with Gasteiger partial charge in [-0.2, -0.15) is 0 Å². The van der Waals surface area contributed by atoms with Crippen LogP contribution in [0.5, 0.6) is 0 Å². The van der Waals surface area contributed by atoms with Crippen molar-refractivity contribution in [3.8, 4) is 0 Å². The van der Waals surface area contributed by atoms with E-state index in [9.17, 15) is 8.42 Å². The Kier molecular flexibility index (Phi) is 4.11. The summed E-state index contributed by atoms with van der Waals surface area (Å²) in [6.45, 7) is 6.52. The van der Waals surface area contributed by atoms with Crippen LogP contribution in [0.2, 0.25) is 0 Å². The van der Waals surface area contributed by atoms with Gasteiger partial charge in [-0.3, -0.25) is 0 Å². The molecular weight excluding hydrogens is 268 g/mol. The van der Waals surface area contributed by atoms with E-state index in [-0.39, 0.29) is 5.41 Å². The zero-order valence-electron chi connectivity index (χ0n) is 10.8. The van der Waals surface area contributed by atoms with Crippen LogP contribution in [-0.2, 0) is 10.0 Å². The van der Waals surface area contributed by atoms with Gasteiger partial charge in [0, 0.05) is 11.4 Å². The summed E-state index contributed by atoms with van der Waals surface area (Å²) in [5, 5.41) is 3.30. The molecule has 2 rings (SSSR count). The van der Waals surface area contributed by atoms with E-state index in [1.165, 1.54) is 11.3 Å². The lowest BCUT2D eigenvalue weighted by molar-refractivity contribution is 0.232. The van der Waals surface area contributed by atoms with Gasteiger partial charge in [-0.15, -0.1) is 11.3 Å². The number of nitrogens with one attached hydrogen (secondary N) is 2. The van der Waals surface area contributed by atoms with Crippen molar-refractivity contribution in [1.29, 1.82) is 0 Å². The molecule has 0 saturated carbocycles. The number of rotatable bonds is 4. The molecule has 18 heavy (non-hydrogen) atoms. The lowest BCUT2D eigenvalue weighted by Crippen LogP contribution is -2.42. The van der Waals surface area contributed by atoms with Gasteiger partial charge in [0.05, 0.1) is 0 Å². The quantitative estimate of drug-likeness (QED) is 0.887. The Balaban J connectivity index is 2.01. The van der Waals surface area contributed by atoms with Crippen molar-refractivity contribution in [3.05, 3.63) is 17.0 Å². The first-order valence-corrected chi connectivity index (χ1v) is 8.48. The smallest absolute Gasteiger partial charge is 0.250 e. The number of hydrogen-bond donors (Lipinski definition) is 2. The monoisotopic (exact) mass is 288 g/mol. The van der Waals surface area contributed by atoms with E-state index in [0.29, 0.717) is 10.8 Å². The second kappa shape index (κ2) is 5.28. The summed E-state index contributed by atoms with van der Waals surface area (Å²) in [5.74, 6) is 0. The van der Waals surface area contributed by atoms with Crippen LogP contribution in [0.4, 0.5) is 0 Å². The SMILES string of the molecule is Cc1ccc(S(=O)(=O)NCC2(C)CCNCC2)s1. The van der Waals surface area contributed by atoms with Crippen molar-refractivity contribution in [3.63, 3.8) is 0 Å². The van der Waals surface area contributed by atoms with Crippen molar-refractivity contribution >= 4 is 21.4 Å². The van der Waals surface area contributed by atoms with Gasteiger partial charge >= 0.3 is 0 Å². The van der Waals surface area contributed by atoms with Crippen LogP contribution in [0.15, 0.2) is 16.3 Å². The predicted molar refractivity (Wildman–Crippen MR) is 74.5 cm³/mol. The van der Waals surface area contributed by atoms with Gasteiger partial charge in [0.2, 0.25) is 10.0 Å². The maximum atomic E-state index is 12.1. The molecule has 0 bridgehead atoms. The van der Waals surface area contributed by atoms with Gasteiger partial charge in [0.15, 0.2) is 0 Å². The molecule has 2 heterocycles. The van der Waals surface area contributed by atoms with Gasteiger partial charge in [0.25, 0.3) is 0 Å². The minimum atomic E-state index is -3.33. The number of thiophene rings is 1. The molecular formula is C12H20N2O2S2. The highest BCUT2D eigenvalue weighted by Crippen LogP contribution is 2.28. The average molecular weight is 288 g/mol. The molecule has 102 valence electrons. The second-order valence-electron chi connectivity index (χ2n) is 5.25. The Morgan fingerprint density at radius 3 is 2.61 bits per heavy atom. The summed E-state index contributed by atoms with van der Waals surface area (Å²) in [6, 6.07) is 3.51.